The summed E-state index contributed by atoms with van der Waals surface area (Å²) in [5.74, 6) is 0. The maximum absolute atomic E-state index is 7.02. The zero-order valence-electron chi connectivity index (χ0n) is 29.4. The van der Waals surface area contributed by atoms with E-state index in [2.05, 4.69) is 163 Å². The summed E-state index contributed by atoms with van der Waals surface area (Å²) in [4.78, 5) is 4.06. The maximum Gasteiger partial charge on any atom is 0.145 e. The Kier molecular flexibility index (Phi) is 7.16. The van der Waals surface area contributed by atoms with Crippen LogP contribution < -0.4 is 4.90 Å². The predicted molar refractivity (Wildman–Crippen MR) is 226 cm³/mol. The van der Waals surface area contributed by atoms with E-state index in [0.29, 0.717) is 0 Å². The molecule has 2 heterocycles. The first-order valence-electron chi connectivity index (χ1n) is 18.9. The minimum Gasteiger partial charge on any atom is -0.455 e. The van der Waals surface area contributed by atoms with Gasteiger partial charge in [-0.15, -0.1) is 11.3 Å². The lowest BCUT2D eigenvalue weighted by atomic mass is 9.84. The minimum absolute atomic E-state index is 0.146. The highest BCUT2D eigenvalue weighted by Crippen LogP contribution is 2.47. The van der Waals surface area contributed by atoms with Crippen molar-refractivity contribution in [2.24, 2.45) is 0 Å². The van der Waals surface area contributed by atoms with E-state index in [9.17, 15) is 0 Å². The molecule has 0 saturated carbocycles. The molecule has 0 bridgehead atoms. The van der Waals surface area contributed by atoms with Crippen molar-refractivity contribution >= 4 is 67.3 Å². The highest BCUT2D eigenvalue weighted by molar-refractivity contribution is 7.20. The molecule has 0 saturated heterocycles. The Bertz CT molecular complexity index is 2810. The average molecular weight is 700 g/mol. The summed E-state index contributed by atoms with van der Waals surface area (Å²) in [6.45, 7) is 0. The third-order valence-corrected chi connectivity index (χ3v) is 12.8. The van der Waals surface area contributed by atoms with Crippen molar-refractivity contribution in [2.75, 3.05) is 4.90 Å². The molecule has 1 atom stereocenters. The quantitative estimate of drug-likeness (QED) is 0.178. The van der Waals surface area contributed by atoms with Crippen LogP contribution in [0.3, 0.4) is 0 Å². The van der Waals surface area contributed by atoms with Crippen LogP contribution in [0.15, 0.2) is 150 Å². The van der Waals surface area contributed by atoms with Crippen molar-refractivity contribution in [3.05, 3.63) is 178 Å². The molecule has 2 nitrogen and oxygen atoms in total. The number of hydrogen-bond acceptors (Lipinski definition) is 3. The third-order valence-electron chi connectivity index (χ3n) is 11.6. The highest BCUT2D eigenvalue weighted by atomic mass is 32.1. The molecule has 1 unspecified atom stereocenters. The number of furan rings is 1. The number of allylic oxidation sites excluding steroid dienone is 2. The van der Waals surface area contributed by atoms with E-state index < -0.39 is 0 Å². The number of thiophene rings is 1. The standard InChI is InChI=1S/C50H37NOS/c1-3-11-32(12-4-1)35-21-24-43-46(30-35)52-50-41(33-13-5-2-6-14-33)26-27-45(49(43)50)51(38-23-28-48-44(31-38)42-17-9-10-18-47(42)53-48)37-22-25-40-36(29-37)20-19-34-15-7-8-16-39(34)40/h1-7,9-15,17-21,23-24,26-30,38H,8,16,22,25,31H2. The van der Waals surface area contributed by atoms with Crippen molar-refractivity contribution < 1.29 is 4.42 Å². The first-order valence-corrected chi connectivity index (χ1v) is 19.7. The average Bonchev–Trinajstić information content (AvgIpc) is 3.80. The van der Waals surface area contributed by atoms with Gasteiger partial charge in [-0.1, -0.05) is 115 Å². The number of hydrogen-bond donors (Lipinski definition) is 0. The predicted octanol–water partition coefficient (Wildman–Crippen LogP) is 13.5. The summed E-state index contributed by atoms with van der Waals surface area (Å²) in [7, 11) is 0. The molecular formula is C50H37NOS. The summed E-state index contributed by atoms with van der Waals surface area (Å²) >= 11 is 1.91. The van der Waals surface area contributed by atoms with E-state index >= 15 is 0 Å². The molecule has 3 heteroatoms. The van der Waals surface area contributed by atoms with Gasteiger partial charge in [0.1, 0.15) is 11.2 Å². The molecule has 0 N–H and O–H groups in total. The zero-order chi connectivity index (χ0) is 34.9. The summed E-state index contributed by atoms with van der Waals surface area (Å²) in [5.41, 5.74) is 16.4. The van der Waals surface area contributed by atoms with Crippen LogP contribution in [0.5, 0.6) is 0 Å². The normalized spacial score (nSPS) is 16.1. The third kappa shape index (κ3) is 5.06. The summed E-state index contributed by atoms with van der Waals surface area (Å²) in [6, 6.07) is 46.5. The van der Waals surface area contributed by atoms with E-state index in [1.165, 1.54) is 59.6 Å². The lowest BCUT2D eigenvalue weighted by molar-refractivity contribution is 0.669. The number of anilines is 1. The minimum atomic E-state index is 0.146. The van der Waals surface area contributed by atoms with Gasteiger partial charge in [0, 0.05) is 26.2 Å². The molecule has 0 aliphatic heterocycles. The van der Waals surface area contributed by atoms with E-state index in [1.807, 2.05) is 11.3 Å². The van der Waals surface area contributed by atoms with Gasteiger partial charge in [0.25, 0.3) is 0 Å². The lowest BCUT2D eigenvalue weighted by Gasteiger charge is -2.38. The fraction of sp³-hybridized carbons (Fsp3) is 0.120. The Morgan fingerprint density at radius 3 is 2.30 bits per heavy atom. The molecule has 3 aliphatic carbocycles. The van der Waals surface area contributed by atoms with Gasteiger partial charge >= 0.3 is 0 Å². The van der Waals surface area contributed by atoms with Gasteiger partial charge in [0.05, 0.1) is 17.1 Å². The molecule has 53 heavy (non-hydrogen) atoms. The Balaban J connectivity index is 1.14. The Labute approximate surface area is 313 Å². The van der Waals surface area contributed by atoms with Gasteiger partial charge in [-0.25, -0.2) is 0 Å². The summed E-state index contributed by atoms with van der Waals surface area (Å²) < 4.78 is 8.38. The summed E-state index contributed by atoms with van der Waals surface area (Å²) in [5, 5.41) is 3.71. The van der Waals surface area contributed by atoms with Gasteiger partial charge in [0.15, 0.2) is 0 Å². The second-order valence-electron chi connectivity index (χ2n) is 14.6. The van der Waals surface area contributed by atoms with Crippen molar-refractivity contribution in [3.8, 4) is 22.3 Å². The van der Waals surface area contributed by atoms with Gasteiger partial charge in [0.2, 0.25) is 0 Å². The largest absolute Gasteiger partial charge is 0.455 e. The number of rotatable bonds is 5. The topological polar surface area (TPSA) is 16.4 Å². The number of fused-ring (bicyclic) bond motifs is 9. The van der Waals surface area contributed by atoms with Crippen LogP contribution >= 0.6 is 11.3 Å². The van der Waals surface area contributed by atoms with Gasteiger partial charge in [-0.2, -0.15) is 0 Å². The van der Waals surface area contributed by atoms with Crippen LogP contribution in [0.2, 0.25) is 0 Å². The summed E-state index contributed by atoms with van der Waals surface area (Å²) in [6.07, 6.45) is 17.2. The fourth-order valence-electron chi connectivity index (χ4n) is 9.12. The molecule has 254 valence electrons. The van der Waals surface area contributed by atoms with Crippen LogP contribution in [0.4, 0.5) is 5.69 Å². The maximum atomic E-state index is 7.02. The van der Waals surface area contributed by atoms with E-state index in [4.69, 9.17) is 4.42 Å². The number of benzene rings is 6. The lowest BCUT2D eigenvalue weighted by Crippen LogP contribution is -2.37. The molecule has 0 spiro atoms. The van der Waals surface area contributed by atoms with Crippen molar-refractivity contribution in [3.63, 3.8) is 0 Å². The molecule has 0 amide bonds. The van der Waals surface area contributed by atoms with E-state index in [0.717, 1.165) is 65.3 Å². The van der Waals surface area contributed by atoms with Gasteiger partial charge in [-0.05, 0) is 124 Å². The molecule has 8 aromatic rings. The van der Waals surface area contributed by atoms with Crippen LogP contribution in [0, 0.1) is 0 Å². The molecule has 11 rings (SSSR count). The first kappa shape index (κ1) is 30.7. The Hall–Kier alpha value is -5.90. The fourth-order valence-corrected chi connectivity index (χ4v) is 10.3. The molecule has 2 aromatic heterocycles. The zero-order valence-corrected chi connectivity index (χ0v) is 30.2. The molecule has 3 aliphatic rings. The number of nitrogens with zero attached hydrogens (tertiary/aromatic N) is 1. The van der Waals surface area contributed by atoms with Crippen molar-refractivity contribution in [1.29, 1.82) is 0 Å². The molecule has 0 radical (unpaired) electrons. The molecule has 0 fully saturated rings. The van der Waals surface area contributed by atoms with Crippen LogP contribution in [0.1, 0.15) is 45.5 Å². The molecule has 6 aromatic carbocycles. The van der Waals surface area contributed by atoms with Crippen LogP contribution in [-0.4, -0.2) is 6.04 Å². The second kappa shape index (κ2) is 12.4. The molecular weight excluding hydrogens is 663 g/mol. The SMILES string of the molecule is C1=Cc2ccc3c(c2CC1)CCC(N(c1ccc(-c2ccccc2)c2oc4cc(-c5ccccc5)ccc4c12)C1C=Cc2sc4ccccc4c2C1)=C3. The van der Waals surface area contributed by atoms with Crippen LogP contribution in [-0.2, 0) is 19.3 Å². The van der Waals surface area contributed by atoms with Crippen LogP contribution in [0.25, 0.3) is 72.5 Å². The van der Waals surface area contributed by atoms with Crippen molar-refractivity contribution in [2.45, 2.75) is 38.1 Å². The smallest absolute Gasteiger partial charge is 0.145 e. The Morgan fingerprint density at radius 2 is 1.42 bits per heavy atom. The van der Waals surface area contributed by atoms with E-state index in [-0.39, 0.29) is 6.04 Å². The first-order chi connectivity index (χ1) is 26.3. The van der Waals surface area contributed by atoms with Crippen molar-refractivity contribution in [1.82, 2.24) is 0 Å². The van der Waals surface area contributed by atoms with Gasteiger partial charge in [-0.3, -0.25) is 0 Å². The second-order valence-corrected chi connectivity index (χ2v) is 15.7. The Morgan fingerprint density at radius 1 is 0.623 bits per heavy atom. The monoisotopic (exact) mass is 699 g/mol. The van der Waals surface area contributed by atoms with Gasteiger partial charge < -0.3 is 9.32 Å². The highest BCUT2D eigenvalue weighted by Gasteiger charge is 2.31. The van der Waals surface area contributed by atoms with E-state index in [1.54, 1.807) is 5.56 Å².